The van der Waals surface area contributed by atoms with Crippen LogP contribution < -0.4 is 0 Å². The lowest BCUT2D eigenvalue weighted by Gasteiger charge is -2.00. The monoisotopic (exact) mass is 230 g/mol. The Morgan fingerprint density at radius 2 is 2.06 bits per heavy atom. The molecule has 0 aliphatic carbocycles. The van der Waals surface area contributed by atoms with Crippen molar-refractivity contribution in [2.45, 2.75) is 20.3 Å². The van der Waals surface area contributed by atoms with E-state index in [4.69, 9.17) is 0 Å². The summed E-state index contributed by atoms with van der Waals surface area (Å²) in [5, 5.41) is 0. The van der Waals surface area contributed by atoms with Crippen LogP contribution in [0.4, 0.5) is 0 Å². The quantitative estimate of drug-likeness (QED) is 0.444. The molecule has 0 amide bonds. The Bertz CT molecular complexity index is 504. The summed E-state index contributed by atoms with van der Waals surface area (Å²) >= 11 is 0. The maximum Gasteiger partial charge on any atom is 0.317 e. The molecule has 1 aromatic rings. The predicted molar refractivity (Wildman–Crippen MR) is 64.7 cm³/mol. The van der Waals surface area contributed by atoms with Gasteiger partial charge in [-0.3, -0.25) is 9.59 Å². The minimum atomic E-state index is -0.363. The minimum absolute atomic E-state index is 0.000943. The summed E-state index contributed by atoms with van der Waals surface area (Å²) in [5.41, 5.74) is 2.37. The van der Waals surface area contributed by atoms with Crippen molar-refractivity contribution in [3.05, 3.63) is 34.9 Å². The van der Waals surface area contributed by atoms with E-state index < -0.39 is 0 Å². The fourth-order valence-electron chi connectivity index (χ4n) is 1.26. The SMILES string of the molecule is COC(=O)CC#Cc1cc(C(C)=O)ccc1C. The van der Waals surface area contributed by atoms with Gasteiger partial charge in [0, 0.05) is 11.1 Å². The number of rotatable bonds is 2. The molecule has 3 nitrogen and oxygen atoms in total. The molecule has 1 rings (SSSR count). The van der Waals surface area contributed by atoms with Gasteiger partial charge in [-0.05, 0) is 25.5 Å². The largest absolute Gasteiger partial charge is 0.468 e. The van der Waals surface area contributed by atoms with Gasteiger partial charge in [-0.15, -0.1) is 0 Å². The van der Waals surface area contributed by atoms with Crippen molar-refractivity contribution >= 4 is 11.8 Å². The Labute approximate surface area is 101 Å². The number of carbonyl (C=O) groups excluding carboxylic acids is 2. The molecular weight excluding hydrogens is 216 g/mol. The van der Waals surface area contributed by atoms with Crippen molar-refractivity contribution in [3.8, 4) is 11.8 Å². The van der Waals surface area contributed by atoms with E-state index in [9.17, 15) is 9.59 Å². The first-order chi connectivity index (χ1) is 8.04. The van der Waals surface area contributed by atoms with E-state index in [0.29, 0.717) is 5.56 Å². The summed E-state index contributed by atoms with van der Waals surface area (Å²) in [6.07, 6.45) is 0.0558. The Kier molecular flexibility index (Phi) is 4.47. The maximum atomic E-state index is 11.2. The summed E-state index contributed by atoms with van der Waals surface area (Å²) in [7, 11) is 1.33. The Morgan fingerprint density at radius 3 is 2.65 bits per heavy atom. The Hall–Kier alpha value is -2.08. The van der Waals surface area contributed by atoms with Gasteiger partial charge in [0.05, 0.1) is 7.11 Å². The van der Waals surface area contributed by atoms with Crippen LogP contribution in [-0.4, -0.2) is 18.9 Å². The molecule has 17 heavy (non-hydrogen) atoms. The average Bonchev–Trinajstić information content (AvgIpc) is 2.30. The molecule has 0 aliphatic heterocycles. The number of ketones is 1. The fourth-order valence-corrected chi connectivity index (χ4v) is 1.26. The van der Waals surface area contributed by atoms with Crippen LogP contribution in [0.1, 0.15) is 34.8 Å². The number of hydrogen-bond acceptors (Lipinski definition) is 3. The normalized spacial score (nSPS) is 9.12. The lowest BCUT2D eigenvalue weighted by Crippen LogP contribution is -1.97. The molecule has 0 spiro atoms. The van der Waals surface area contributed by atoms with Crippen LogP contribution in [0.15, 0.2) is 18.2 Å². The standard InChI is InChI=1S/C14H14O3/c1-10-7-8-13(11(2)15)9-12(10)5-4-6-14(16)17-3/h7-9H,6H2,1-3H3. The Balaban J connectivity index is 2.93. The van der Waals surface area contributed by atoms with Crippen LogP contribution in [0.3, 0.4) is 0 Å². The Morgan fingerprint density at radius 1 is 1.35 bits per heavy atom. The molecule has 0 aromatic heterocycles. The highest BCUT2D eigenvalue weighted by molar-refractivity contribution is 5.94. The average molecular weight is 230 g/mol. The summed E-state index contributed by atoms with van der Waals surface area (Å²) < 4.78 is 4.48. The highest BCUT2D eigenvalue weighted by Crippen LogP contribution is 2.10. The lowest BCUT2D eigenvalue weighted by atomic mass is 10.0. The second kappa shape index (κ2) is 5.86. The van der Waals surface area contributed by atoms with E-state index in [1.807, 2.05) is 13.0 Å². The second-order valence-corrected chi connectivity index (χ2v) is 3.64. The third-order valence-electron chi connectivity index (χ3n) is 2.33. The number of ether oxygens (including phenoxy) is 1. The number of carbonyl (C=O) groups is 2. The highest BCUT2D eigenvalue weighted by atomic mass is 16.5. The number of hydrogen-bond donors (Lipinski definition) is 0. The molecule has 0 unspecified atom stereocenters. The van der Waals surface area contributed by atoms with E-state index in [1.54, 1.807) is 12.1 Å². The van der Waals surface area contributed by atoms with Crippen molar-refractivity contribution < 1.29 is 14.3 Å². The molecule has 0 bridgehead atoms. The third kappa shape index (κ3) is 3.76. The zero-order valence-electron chi connectivity index (χ0n) is 10.2. The smallest absolute Gasteiger partial charge is 0.317 e. The summed E-state index contributed by atoms with van der Waals surface area (Å²) in [5.74, 6) is 5.23. The van der Waals surface area contributed by atoms with Crippen molar-refractivity contribution in [1.29, 1.82) is 0 Å². The minimum Gasteiger partial charge on any atom is -0.468 e. The van der Waals surface area contributed by atoms with Gasteiger partial charge in [-0.25, -0.2) is 0 Å². The van der Waals surface area contributed by atoms with Gasteiger partial charge in [-0.2, -0.15) is 0 Å². The van der Waals surface area contributed by atoms with Crippen LogP contribution in [0.5, 0.6) is 0 Å². The molecule has 0 saturated carbocycles. The van der Waals surface area contributed by atoms with Gasteiger partial charge in [0.1, 0.15) is 6.42 Å². The van der Waals surface area contributed by atoms with Gasteiger partial charge in [0.15, 0.2) is 5.78 Å². The van der Waals surface area contributed by atoms with Crippen LogP contribution in [0.2, 0.25) is 0 Å². The molecule has 0 saturated heterocycles. The first-order valence-corrected chi connectivity index (χ1v) is 5.22. The first kappa shape index (κ1) is 13.0. The number of methoxy groups -OCH3 is 1. The van der Waals surface area contributed by atoms with Crippen LogP contribution in [-0.2, 0) is 9.53 Å². The van der Waals surface area contributed by atoms with Crippen molar-refractivity contribution in [2.24, 2.45) is 0 Å². The van der Waals surface area contributed by atoms with Crippen molar-refractivity contribution in [1.82, 2.24) is 0 Å². The van der Waals surface area contributed by atoms with Crippen LogP contribution >= 0.6 is 0 Å². The lowest BCUT2D eigenvalue weighted by molar-refractivity contribution is -0.139. The number of Topliss-reactive ketones (excluding diaryl/α,β-unsaturated/α-hetero) is 1. The van der Waals surface area contributed by atoms with Gasteiger partial charge in [0.25, 0.3) is 0 Å². The molecule has 3 heteroatoms. The molecule has 0 radical (unpaired) electrons. The molecule has 1 aromatic carbocycles. The molecule has 88 valence electrons. The molecule has 0 atom stereocenters. The predicted octanol–water partition coefficient (Wildman–Crippen LogP) is 2.11. The molecule has 0 heterocycles. The number of aryl methyl sites for hydroxylation is 1. The molecular formula is C14H14O3. The highest BCUT2D eigenvalue weighted by Gasteiger charge is 2.02. The second-order valence-electron chi connectivity index (χ2n) is 3.64. The fraction of sp³-hybridized carbons (Fsp3) is 0.286. The first-order valence-electron chi connectivity index (χ1n) is 5.22. The van der Waals surface area contributed by atoms with E-state index in [2.05, 4.69) is 16.6 Å². The van der Waals surface area contributed by atoms with Gasteiger partial charge < -0.3 is 4.74 Å². The molecule has 0 fully saturated rings. The summed E-state index contributed by atoms with van der Waals surface area (Å²) in [4.78, 5) is 22.1. The zero-order chi connectivity index (χ0) is 12.8. The summed E-state index contributed by atoms with van der Waals surface area (Å²) in [6.45, 7) is 3.42. The molecule has 0 N–H and O–H groups in total. The van der Waals surface area contributed by atoms with E-state index >= 15 is 0 Å². The van der Waals surface area contributed by atoms with E-state index in [-0.39, 0.29) is 18.2 Å². The number of benzene rings is 1. The van der Waals surface area contributed by atoms with Gasteiger partial charge >= 0.3 is 5.97 Å². The maximum absolute atomic E-state index is 11.2. The third-order valence-corrected chi connectivity index (χ3v) is 2.33. The van der Waals surface area contributed by atoms with E-state index in [0.717, 1.165) is 11.1 Å². The van der Waals surface area contributed by atoms with Crippen LogP contribution in [0.25, 0.3) is 0 Å². The zero-order valence-corrected chi connectivity index (χ0v) is 10.2. The topological polar surface area (TPSA) is 43.4 Å². The van der Waals surface area contributed by atoms with Crippen LogP contribution in [0, 0.1) is 18.8 Å². The van der Waals surface area contributed by atoms with Crippen molar-refractivity contribution in [2.75, 3.05) is 7.11 Å². The number of esters is 1. The molecule has 0 aliphatic rings. The van der Waals surface area contributed by atoms with Gasteiger partial charge in [0.2, 0.25) is 0 Å². The van der Waals surface area contributed by atoms with Crippen molar-refractivity contribution in [3.63, 3.8) is 0 Å². The van der Waals surface area contributed by atoms with E-state index in [1.165, 1.54) is 14.0 Å². The summed E-state index contributed by atoms with van der Waals surface area (Å²) in [6, 6.07) is 5.35. The van der Waals surface area contributed by atoms with Gasteiger partial charge in [-0.1, -0.05) is 24.0 Å².